The van der Waals surface area contributed by atoms with Crippen molar-refractivity contribution in [1.29, 1.82) is 0 Å². The van der Waals surface area contributed by atoms with Gasteiger partial charge in [-0.25, -0.2) is 5.43 Å². The van der Waals surface area contributed by atoms with E-state index < -0.39 is 12.2 Å². The minimum absolute atomic E-state index is 0.325. The van der Waals surface area contributed by atoms with Gasteiger partial charge in [-0.3, -0.25) is 4.79 Å². The highest BCUT2D eigenvalue weighted by atomic mass is 35.5. The van der Waals surface area contributed by atoms with Crippen molar-refractivity contribution < 1.29 is 19.4 Å². The van der Waals surface area contributed by atoms with Crippen LogP contribution in [-0.2, 0) is 11.2 Å². The maximum Gasteiger partial charge on any atom is 0.271 e. The molecule has 4 rings (SSSR count). The predicted molar refractivity (Wildman–Crippen MR) is 142 cm³/mol. The lowest BCUT2D eigenvalue weighted by atomic mass is 9.94. The van der Waals surface area contributed by atoms with Crippen LogP contribution >= 0.6 is 23.2 Å². The van der Waals surface area contributed by atoms with Crippen LogP contribution in [0.2, 0.25) is 10.0 Å². The van der Waals surface area contributed by atoms with Crippen LogP contribution in [0.3, 0.4) is 0 Å². The highest BCUT2D eigenvalue weighted by molar-refractivity contribution is 6.31. The summed E-state index contributed by atoms with van der Waals surface area (Å²) in [5.41, 5.74) is 5.96. The van der Waals surface area contributed by atoms with Crippen LogP contribution in [0.4, 0.5) is 0 Å². The Hall–Kier alpha value is -2.90. The average Bonchev–Trinajstić information content (AvgIpc) is 2.87. The predicted octanol–water partition coefficient (Wildman–Crippen LogP) is 5.98. The van der Waals surface area contributed by atoms with Crippen LogP contribution < -0.4 is 10.2 Å². The Balaban J connectivity index is 1.41. The first-order chi connectivity index (χ1) is 17.4. The molecule has 1 fully saturated rings. The van der Waals surface area contributed by atoms with Crippen molar-refractivity contribution >= 4 is 35.3 Å². The average molecular weight is 527 g/mol. The minimum atomic E-state index is -0.558. The molecule has 1 amide bonds. The normalized spacial score (nSPS) is 19.8. The first-order valence-electron chi connectivity index (χ1n) is 11.8. The first kappa shape index (κ1) is 26.2. The molecule has 0 bridgehead atoms. The summed E-state index contributed by atoms with van der Waals surface area (Å²) in [6.07, 6.45) is 1.70. The number of nitrogens with one attached hydrogen (secondary N) is 1. The summed E-state index contributed by atoms with van der Waals surface area (Å²) in [5.74, 6) is 0.482. The van der Waals surface area contributed by atoms with Gasteiger partial charge in [-0.2, -0.15) is 5.10 Å². The second-order valence-electron chi connectivity index (χ2n) is 8.62. The topological polar surface area (TPSA) is 80.2 Å². The molecule has 3 aromatic rings. The summed E-state index contributed by atoms with van der Waals surface area (Å²) in [5, 5.41) is 15.7. The van der Waals surface area contributed by atoms with Gasteiger partial charge in [0.25, 0.3) is 5.91 Å². The fourth-order valence-corrected chi connectivity index (χ4v) is 4.42. The molecule has 1 saturated heterocycles. The largest absolute Gasteiger partial charge is 0.494 e. The van der Waals surface area contributed by atoms with E-state index >= 15 is 0 Å². The van der Waals surface area contributed by atoms with Gasteiger partial charge in [-0.05, 0) is 72.5 Å². The second-order valence-corrected chi connectivity index (χ2v) is 9.46. The maximum atomic E-state index is 12.2. The van der Waals surface area contributed by atoms with E-state index in [2.05, 4.69) is 10.5 Å². The van der Waals surface area contributed by atoms with Crippen molar-refractivity contribution in [2.24, 2.45) is 5.10 Å². The third kappa shape index (κ3) is 7.08. The van der Waals surface area contributed by atoms with Gasteiger partial charge in [0.05, 0.1) is 31.1 Å². The third-order valence-corrected chi connectivity index (χ3v) is 6.53. The van der Waals surface area contributed by atoms with E-state index in [0.29, 0.717) is 41.5 Å². The van der Waals surface area contributed by atoms with Gasteiger partial charge in [0.1, 0.15) is 5.75 Å². The maximum absolute atomic E-state index is 12.2. The second kappa shape index (κ2) is 12.4. The lowest BCUT2D eigenvalue weighted by molar-refractivity contribution is -0.0681. The Morgan fingerprint density at radius 1 is 1.11 bits per heavy atom. The first-order valence-corrected chi connectivity index (χ1v) is 12.6. The van der Waals surface area contributed by atoms with Crippen LogP contribution in [0.25, 0.3) is 0 Å². The number of carbonyl (C=O) groups is 1. The number of nitrogens with zero attached hydrogens (tertiary/aromatic N) is 1. The monoisotopic (exact) mass is 526 g/mol. The van der Waals surface area contributed by atoms with Crippen molar-refractivity contribution in [3.8, 4) is 5.75 Å². The summed E-state index contributed by atoms with van der Waals surface area (Å²) in [4.78, 5) is 12.2. The van der Waals surface area contributed by atoms with Gasteiger partial charge < -0.3 is 14.6 Å². The van der Waals surface area contributed by atoms with Gasteiger partial charge in [0.2, 0.25) is 0 Å². The molecule has 3 aromatic carbocycles. The Morgan fingerprint density at radius 3 is 2.58 bits per heavy atom. The highest BCUT2D eigenvalue weighted by Crippen LogP contribution is 2.33. The fraction of sp³-hybridized carbons (Fsp3) is 0.286. The van der Waals surface area contributed by atoms with Crippen molar-refractivity contribution in [3.05, 3.63) is 99.0 Å². The zero-order chi connectivity index (χ0) is 25.5. The molecule has 1 aliphatic heterocycles. The molecule has 36 heavy (non-hydrogen) atoms. The quantitative estimate of drug-likeness (QED) is 0.279. The molecule has 8 heteroatoms. The minimum Gasteiger partial charge on any atom is -0.494 e. The number of rotatable bonds is 8. The van der Waals surface area contributed by atoms with Gasteiger partial charge in [0.15, 0.2) is 0 Å². The van der Waals surface area contributed by atoms with Crippen LogP contribution in [-0.4, -0.2) is 36.0 Å². The molecule has 3 unspecified atom stereocenters. The van der Waals surface area contributed by atoms with Gasteiger partial charge in [0, 0.05) is 28.5 Å². The number of aliphatic hydroxyl groups excluding tert-OH is 1. The van der Waals surface area contributed by atoms with Gasteiger partial charge in [-0.15, -0.1) is 0 Å². The Bertz CT molecular complexity index is 1200. The molecular formula is C28H28Cl2N2O4. The van der Waals surface area contributed by atoms with Crippen LogP contribution in [0.1, 0.15) is 52.9 Å². The molecule has 188 valence electrons. The molecule has 6 nitrogen and oxygen atoms in total. The van der Waals surface area contributed by atoms with Crippen molar-refractivity contribution in [1.82, 2.24) is 5.43 Å². The summed E-state index contributed by atoms with van der Waals surface area (Å²) < 4.78 is 11.7. The number of amides is 1. The fourth-order valence-electron chi connectivity index (χ4n) is 4.11. The SMILES string of the molecule is CCOc1ccc(Cc2cc(C3CC(O)CC(C=NNC(=O)c4ccc(Cl)cc4)O3)ccc2Cl)cc1. The number of halogens is 2. The summed E-state index contributed by atoms with van der Waals surface area (Å²) >= 11 is 12.4. The molecule has 0 aromatic heterocycles. The van der Waals surface area contributed by atoms with E-state index in [1.165, 1.54) is 6.21 Å². The third-order valence-electron chi connectivity index (χ3n) is 5.91. The summed E-state index contributed by atoms with van der Waals surface area (Å²) in [7, 11) is 0. The van der Waals surface area contributed by atoms with Gasteiger partial charge >= 0.3 is 0 Å². The molecule has 1 aliphatic rings. The van der Waals surface area contributed by atoms with Crippen LogP contribution in [0.15, 0.2) is 71.8 Å². The van der Waals surface area contributed by atoms with Crippen molar-refractivity contribution in [3.63, 3.8) is 0 Å². The number of benzene rings is 3. The van der Waals surface area contributed by atoms with E-state index in [-0.39, 0.29) is 12.0 Å². The lowest BCUT2D eigenvalue weighted by Crippen LogP contribution is -2.33. The molecule has 0 radical (unpaired) electrons. The molecular weight excluding hydrogens is 499 g/mol. The number of hydrogen-bond donors (Lipinski definition) is 2. The number of aliphatic hydroxyl groups is 1. The number of hydrazone groups is 1. The molecule has 0 spiro atoms. The van der Waals surface area contributed by atoms with E-state index in [1.807, 2.05) is 49.4 Å². The Morgan fingerprint density at radius 2 is 1.86 bits per heavy atom. The molecule has 3 atom stereocenters. The Labute approximate surface area is 220 Å². The zero-order valence-corrected chi connectivity index (χ0v) is 21.4. The smallest absolute Gasteiger partial charge is 0.271 e. The Kier molecular flexibility index (Phi) is 8.99. The molecule has 2 N–H and O–H groups in total. The van der Waals surface area contributed by atoms with Crippen molar-refractivity contribution in [2.75, 3.05) is 6.61 Å². The van der Waals surface area contributed by atoms with Gasteiger partial charge in [-0.1, -0.05) is 47.5 Å². The standard InChI is InChI=1S/C28H28Cl2N2O4/c1-2-35-24-10-3-18(4-11-24)13-21-14-20(7-12-26(21)30)27-16-23(33)15-25(36-27)17-31-32-28(34)19-5-8-22(29)9-6-19/h3-12,14,17,23,25,27,33H,2,13,15-16H2,1H3,(H,32,34). The molecule has 1 heterocycles. The van der Waals surface area contributed by atoms with Crippen LogP contribution in [0, 0.1) is 0 Å². The van der Waals surface area contributed by atoms with Crippen LogP contribution in [0.5, 0.6) is 5.75 Å². The summed E-state index contributed by atoms with van der Waals surface area (Å²) in [6.45, 7) is 2.58. The summed E-state index contributed by atoms with van der Waals surface area (Å²) in [6, 6.07) is 20.3. The van der Waals surface area contributed by atoms with E-state index in [9.17, 15) is 9.90 Å². The van der Waals surface area contributed by atoms with Crippen molar-refractivity contribution in [2.45, 2.75) is 44.5 Å². The molecule has 0 aliphatic carbocycles. The number of ether oxygens (including phenoxy) is 2. The highest BCUT2D eigenvalue weighted by Gasteiger charge is 2.29. The number of hydrogen-bond acceptors (Lipinski definition) is 5. The number of carbonyl (C=O) groups excluding carboxylic acids is 1. The van der Waals surface area contributed by atoms with E-state index in [0.717, 1.165) is 22.4 Å². The van der Waals surface area contributed by atoms with E-state index in [1.54, 1.807) is 24.3 Å². The molecule has 0 saturated carbocycles. The zero-order valence-electron chi connectivity index (χ0n) is 19.9. The van der Waals surface area contributed by atoms with E-state index in [4.69, 9.17) is 32.7 Å². The lowest BCUT2D eigenvalue weighted by Gasteiger charge is -2.32.